The lowest BCUT2D eigenvalue weighted by Gasteiger charge is -2.46. The third-order valence-electron chi connectivity index (χ3n) is 6.25. The minimum Gasteiger partial charge on any atom is -0.497 e. The maximum absolute atomic E-state index is 9.14. The van der Waals surface area contributed by atoms with Crippen LogP contribution in [-0.4, -0.2) is 29.7 Å². The molecule has 1 fully saturated rings. The number of hydrogen-bond donors (Lipinski definition) is 1. The molecule has 2 aromatic carbocycles. The number of ether oxygens (including phenoxy) is 1. The summed E-state index contributed by atoms with van der Waals surface area (Å²) in [4.78, 5) is 2.48. The molecule has 3 heterocycles. The van der Waals surface area contributed by atoms with Crippen molar-refractivity contribution in [2.45, 2.75) is 24.9 Å². The van der Waals surface area contributed by atoms with Gasteiger partial charge in [0.05, 0.1) is 35.7 Å². The highest BCUT2D eigenvalue weighted by molar-refractivity contribution is 5.69. The summed E-state index contributed by atoms with van der Waals surface area (Å²) in [5.74, 6) is 0.872. The van der Waals surface area contributed by atoms with Crippen LogP contribution in [0.1, 0.15) is 29.7 Å². The maximum atomic E-state index is 9.14. The smallest absolute Gasteiger partial charge is 0.121 e. The van der Waals surface area contributed by atoms with E-state index in [0.717, 1.165) is 49.5 Å². The van der Waals surface area contributed by atoms with Crippen molar-refractivity contribution in [2.24, 2.45) is 0 Å². The lowest BCUT2D eigenvalue weighted by atomic mass is 9.82. The van der Waals surface area contributed by atoms with Gasteiger partial charge in [-0.3, -0.25) is 4.90 Å². The zero-order valence-corrected chi connectivity index (χ0v) is 16.6. The highest BCUT2D eigenvalue weighted by Crippen LogP contribution is 2.44. The predicted octanol–water partition coefficient (Wildman–Crippen LogP) is 4.27. The SMILES string of the molecule is COc1ccc2c(c1)NC1(CCN(Cc3cccc(C#N)c3)CC1)c1cccn1-2. The lowest BCUT2D eigenvalue weighted by molar-refractivity contribution is 0.162. The van der Waals surface area contributed by atoms with Crippen LogP contribution in [0.2, 0.25) is 0 Å². The zero-order valence-electron chi connectivity index (χ0n) is 16.6. The van der Waals surface area contributed by atoms with Crippen LogP contribution in [-0.2, 0) is 12.1 Å². The second-order valence-electron chi connectivity index (χ2n) is 7.94. The molecule has 0 saturated carbocycles. The maximum Gasteiger partial charge on any atom is 0.121 e. The number of nitrogens with one attached hydrogen (secondary N) is 1. The Morgan fingerprint density at radius 1 is 1.10 bits per heavy atom. The van der Waals surface area contributed by atoms with Gasteiger partial charge in [0.25, 0.3) is 0 Å². The Bertz CT molecular complexity index is 1090. The minimum absolute atomic E-state index is 0.0616. The molecule has 2 aliphatic rings. The fourth-order valence-electron chi connectivity index (χ4n) is 4.73. The van der Waals surface area contributed by atoms with E-state index < -0.39 is 0 Å². The number of methoxy groups -OCH3 is 1. The van der Waals surface area contributed by atoms with Gasteiger partial charge in [0, 0.05) is 37.6 Å². The summed E-state index contributed by atoms with van der Waals surface area (Å²) in [6.07, 6.45) is 4.22. The number of anilines is 1. The summed E-state index contributed by atoms with van der Waals surface area (Å²) < 4.78 is 7.76. The summed E-state index contributed by atoms with van der Waals surface area (Å²) in [6, 6.07) is 20.8. The molecular weight excluding hydrogens is 360 g/mol. The van der Waals surface area contributed by atoms with Gasteiger partial charge in [0.15, 0.2) is 0 Å². The highest BCUT2D eigenvalue weighted by Gasteiger charge is 2.41. The third-order valence-corrected chi connectivity index (χ3v) is 6.25. The normalized spacial score (nSPS) is 17.1. The van der Waals surface area contributed by atoms with Gasteiger partial charge in [-0.2, -0.15) is 5.26 Å². The van der Waals surface area contributed by atoms with Gasteiger partial charge in [-0.15, -0.1) is 0 Å². The van der Waals surface area contributed by atoms with Crippen molar-refractivity contribution in [1.29, 1.82) is 5.26 Å². The third kappa shape index (κ3) is 3.06. The van der Waals surface area contributed by atoms with E-state index in [1.807, 2.05) is 24.3 Å². The molecule has 146 valence electrons. The number of hydrogen-bond acceptors (Lipinski definition) is 4. The van der Waals surface area contributed by atoms with Gasteiger partial charge >= 0.3 is 0 Å². The molecule has 0 amide bonds. The largest absolute Gasteiger partial charge is 0.497 e. The Hall–Kier alpha value is -3.23. The summed E-state index contributed by atoms with van der Waals surface area (Å²) >= 11 is 0. The molecule has 0 atom stereocenters. The van der Waals surface area contributed by atoms with E-state index in [2.05, 4.69) is 57.4 Å². The van der Waals surface area contributed by atoms with Crippen molar-refractivity contribution in [3.63, 3.8) is 0 Å². The minimum atomic E-state index is -0.0616. The van der Waals surface area contributed by atoms with E-state index in [-0.39, 0.29) is 5.54 Å². The topological polar surface area (TPSA) is 53.2 Å². The average Bonchev–Trinajstić information content (AvgIpc) is 3.26. The number of fused-ring (bicyclic) bond motifs is 4. The van der Waals surface area contributed by atoms with Crippen molar-refractivity contribution in [3.05, 3.63) is 77.6 Å². The second-order valence-corrected chi connectivity index (χ2v) is 7.94. The summed E-state index contributed by atoms with van der Waals surface area (Å²) in [5.41, 5.74) is 5.51. The van der Waals surface area contributed by atoms with Gasteiger partial charge in [-0.05, 0) is 54.8 Å². The zero-order chi connectivity index (χ0) is 19.8. The van der Waals surface area contributed by atoms with Crippen molar-refractivity contribution >= 4 is 5.69 Å². The molecule has 29 heavy (non-hydrogen) atoms. The molecule has 1 saturated heterocycles. The fraction of sp³-hybridized carbons (Fsp3) is 0.292. The number of rotatable bonds is 3. The van der Waals surface area contributed by atoms with Gasteiger partial charge in [0.2, 0.25) is 0 Å². The first-order valence-electron chi connectivity index (χ1n) is 10.1. The molecule has 5 heteroatoms. The Morgan fingerprint density at radius 2 is 1.97 bits per heavy atom. The quantitative estimate of drug-likeness (QED) is 0.733. The van der Waals surface area contributed by atoms with Crippen LogP contribution >= 0.6 is 0 Å². The standard InChI is InChI=1S/C24H24N4O/c1-29-20-7-8-22-21(15-20)26-24(23-6-3-11-28(22)23)9-12-27(13-10-24)17-19-5-2-4-18(14-19)16-25/h2-8,11,14-15,26H,9-10,12-13,17H2,1H3. The van der Waals surface area contributed by atoms with Gasteiger partial charge in [0.1, 0.15) is 5.75 Å². The number of likely N-dealkylation sites (tertiary alicyclic amines) is 1. The molecule has 0 radical (unpaired) electrons. The Labute approximate surface area is 171 Å². The van der Waals surface area contributed by atoms with Crippen molar-refractivity contribution in [1.82, 2.24) is 9.47 Å². The lowest BCUT2D eigenvalue weighted by Crippen LogP contribution is -2.49. The van der Waals surface area contributed by atoms with E-state index in [1.54, 1.807) is 7.11 Å². The summed E-state index contributed by atoms with van der Waals surface area (Å²) in [7, 11) is 1.71. The first-order chi connectivity index (χ1) is 14.2. The molecule has 1 aromatic heterocycles. The number of benzene rings is 2. The number of aromatic nitrogens is 1. The van der Waals surface area contributed by atoms with Crippen molar-refractivity contribution in [2.75, 3.05) is 25.5 Å². The number of nitrogens with zero attached hydrogens (tertiary/aromatic N) is 3. The first-order valence-corrected chi connectivity index (χ1v) is 10.1. The van der Waals surface area contributed by atoms with E-state index in [1.165, 1.54) is 16.9 Å². The molecule has 1 spiro atoms. The second kappa shape index (κ2) is 6.98. The van der Waals surface area contributed by atoms with Crippen molar-refractivity contribution < 1.29 is 4.74 Å². The van der Waals surface area contributed by atoms with Crippen LogP contribution in [0.5, 0.6) is 5.75 Å². The van der Waals surface area contributed by atoms with Crippen LogP contribution < -0.4 is 10.1 Å². The molecule has 5 rings (SSSR count). The average molecular weight is 384 g/mol. The molecule has 0 bridgehead atoms. The molecule has 1 N–H and O–H groups in total. The Kier molecular flexibility index (Phi) is 4.30. The molecule has 0 unspecified atom stereocenters. The number of nitriles is 1. The molecule has 3 aromatic rings. The van der Waals surface area contributed by atoms with Crippen LogP contribution in [0.25, 0.3) is 5.69 Å². The Balaban J connectivity index is 1.38. The van der Waals surface area contributed by atoms with Gasteiger partial charge in [-0.1, -0.05) is 12.1 Å². The van der Waals surface area contributed by atoms with Crippen LogP contribution in [0, 0.1) is 11.3 Å². The molecule has 2 aliphatic heterocycles. The van der Waals surface area contributed by atoms with Crippen LogP contribution in [0.15, 0.2) is 60.8 Å². The van der Waals surface area contributed by atoms with E-state index in [0.29, 0.717) is 0 Å². The van der Waals surface area contributed by atoms with E-state index in [9.17, 15) is 0 Å². The Morgan fingerprint density at radius 3 is 2.76 bits per heavy atom. The van der Waals surface area contributed by atoms with E-state index >= 15 is 0 Å². The summed E-state index contributed by atoms with van der Waals surface area (Å²) in [6.45, 7) is 2.90. The first kappa shape index (κ1) is 17.8. The van der Waals surface area contributed by atoms with Gasteiger partial charge < -0.3 is 14.6 Å². The number of piperidine rings is 1. The molecule has 0 aliphatic carbocycles. The van der Waals surface area contributed by atoms with Gasteiger partial charge in [-0.25, -0.2) is 0 Å². The molecule has 5 nitrogen and oxygen atoms in total. The predicted molar refractivity (Wildman–Crippen MR) is 113 cm³/mol. The van der Waals surface area contributed by atoms with E-state index in [4.69, 9.17) is 10.00 Å². The highest BCUT2D eigenvalue weighted by atomic mass is 16.5. The van der Waals surface area contributed by atoms with Crippen molar-refractivity contribution in [3.8, 4) is 17.5 Å². The molecular formula is C24H24N4O. The van der Waals surface area contributed by atoms with Crippen LogP contribution in [0.3, 0.4) is 0 Å². The fourth-order valence-corrected chi connectivity index (χ4v) is 4.73. The van der Waals surface area contributed by atoms with Crippen LogP contribution in [0.4, 0.5) is 5.69 Å². The summed E-state index contributed by atoms with van der Waals surface area (Å²) in [5, 5.41) is 13.0. The monoisotopic (exact) mass is 384 g/mol.